The van der Waals surface area contributed by atoms with Crippen molar-refractivity contribution >= 4 is 0 Å². The highest BCUT2D eigenvalue weighted by atomic mass is 14.8. The van der Waals surface area contributed by atoms with Crippen LogP contribution in [0.3, 0.4) is 0 Å². The molecule has 88 valence electrons. The third-order valence-corrected chi connectivity index (χ3v) is 2.88. The molecule has 1 heterocycles. The molecule has 2 rings (SSSR count). The van der Waals surface area contributed by atoms with Crippen molar-refractivity contribution in [1.29, 1.82) is 0 Å². The number of aromatic nitrogens is 2. The Balaban J connectivity index is 2.68. The van der Waals surface area contributed by atoms with Crippen LogP contribution < -0.4 is 5.73 Å². The molecule has 17 heavy (non-hydrogen) atoms. The second-order valence-corrected chi connectivity index (χ2v) is 4.33. The number of hydrogen-bond acceptors (Lipinski definition) is 3. The molecule has 0 bridgehead atoms. The quantitative estimate of drug-likeness (QED) is 0.857. The van der Waals surface area contributed by atoms with Crippen molar-refractivity contribution < 1.29 is 0 Å². The van der Waals surface area contributed by atoms with Gasteiger partial charge in [-0.15, -0.1) is 0 Å². The summed E-state index contributed by atoms with van der Waals surface area (Å²) in [7, 11) is 0. The fourth-order valence-corrected chi connectivity index (χ4v) is 2.28. The first-order chi connectivity index (χ1) is 8.13. The molecule has 2 aromatic rings. The summed E-state index contributed by atoms with van der Waals surface area (Å²) in [6.45, 7) is 6.72. The Morgan fingerprint density at radius 1 is 1.00 bits per heavy atom. The van der Waals surface area contributed by atoms with Crippen molar-refractivity contribution in [3.05, 3.63) is 46.9 Å². The predicted octanol–water partition coefficient (Wildman–Crippen LogP) is 2.53. The molecule has 1 aromatic carbocycles. The minimum Gasteiger partial charge on any atom is -0.325 e. The molecule has 0 aliphatic heterocycles. The van der Waals surface area contributed by atoms with E-state index in [-0.39, 0.29) is 0 Å². The summed E-state index contributed by atoms with van der Waals surface area (Å²) in [6.07, 6.45) is 3.40. The van der Waals surface area contributed by atoms with Gasteiger partial charge in [0.05, 0.1) is 11.4 Å². The van der Waals surface area contributed by atoms with Crippen molar-refractivity contribution in [2.45, 2.75) is 27.3 Å². The van der Waals surface area contributed by atoms with E-state index in [0.29, 0.717) is 6.54 Å². The Bertz CT molecular complexity index is 524. The Morgan fingerprint density at radius 3 is 2.18 bits per heavy atom. The standard InChI is InChI=1S/C14H17N3/c1-9-6-10(2)13(11(3)7-9)14-12(8-15)16-4-5-17-14/h4-7H,8,15H2,1-3H3. The lowest BCUT2D eigenvalue weighted by Gasteiger charge is -2.12. The van der Waals surface area contributed by atoms with Crippen LogP contribution >= 0.6 is 0 Å². The minimum absolute atomic E-state index is 0.413. The summed E-state index contributed by atoms with van der Waals surface area (Å²) in [5, 5.41) is 0. The van der Waals surface area contributed by atoms with Gasteiger partial charge in [-0.1, -0.05) is 17.7 Å². The summed E-state index contributed by atoms with van der Waals surface area (Å²) in [6, 6.07) is 4.33. The third-order valence-electron chi connectivity index (χ3n) is 2.88. The topological polar surface area (TPSA) is 51.8 Å². The number of hydrogen-bond donors (Lipinski definition) is 1. The molecule has 0 spiro atoms. The van der Waals surface area contributed by atoms with Crippen molar-refractivity contribution in [3.63, 3.8) is 0 Å². The smallest absolute Gasteiger partial charge is 0.0935 e. The average molecular weight is 227 g/mol. The Morgan fingerprint density at radius 2 is 1.59 bits per heavy atom. The fraction of sp³-hybridized carbons (Fsp3) is 0.286. The summed E-state index contributed by atoms with van der Waals surface area (Å²) in [4.78, 5) is 8.72. The van der Waals surface area contributed by atoms with Crippen molar-refractivity contribution in [1.82, 2.24) is 9.97 Å². The van der Waals surface area contributed by atoms with E-state index in [9.17, 15) is 0 Å². The Kier molecular flexibility index (Phi) is 3.20. The second kappa shape index (κ2) is 4.63. The average Bonchev–Trinajstić information content (AvgIpc) is 2.28. The fourth-order valence-electron chi connectivity index (χ4n) is 2.28. The molecule has 0 saturated carbocycles. The van der Waals surface area contributed by atoms with E-state index in [1.165, 1.54) is 16.7 Å². The zero-order valence-corrected chi connectivity index (χ0v) is 10.5. The molecule has 0 unspecified atom stereocenters. The number of nitrogens with zero attached hydrogens (tertiary/aromatic N) is 2. The van der Waals surface area contributed by atoms with Gasteiger partial charge in [0, 0.05) is 24.5 Å². The third kappa shape index (κ3) is 2.19. The molecule has 0 radical (unpaired) electrons. The van der Waals surface area contributed by atoms with Crippen molar-refractivity contribution in [2.24, 2.45) is 5.73 Å². The lowest BCUT2D eigenvalue weighted by atomic mass is 9.96. The zero-order chi connectivity index (χ0) is 12.4. The van der Waals surface area contributed by atoms with Gasteiger partial charge in [-0.25, -0.2) is 0 Å². The van der Waals surface area contributed by atoms with Gasteiger partial charge in [-0.2, -0.15) is 0 Å². The predicted molar refractivity (Wildman–Crippen MR) is 69.6 cm³/mol. The van der Waals surface area contributed by atoms with E-state index in [2.05, 4.69) is 42.9 Å². The molecule has 3 nitrogen and oxygen atoms in total. The van der Waals surface area contributed by atoms with Crippen LogP contribution in [0.5, 0.6) is 0 Å². The van der Waals surface area contributed by atoms with Crippen molar-refractivity contribution in [2.75, 3.05) is 0 Å². The maximum Gasteiger partial charge on any atom is 0.0935 e. The van der Waals surface area contributed by atoms with Crippen LogP contribution in [0, 0.1) is 20.8 Å². The summed E-state index contributed by atoms with van der Waals surface area (Å²) in [5.41, 5.74) is 12.3. The summed E-state index contributed by atoms with van der Waals surface area (Å²) < 4.78 is 0. The molecule has 0 saturated heterocycles. The highest BCUT2D eigenvalue weighted by molar-refractivity contribution is 5.69. The first-order valence-electron chi connectivity index (χ1n) is 5.71. The molecule has 0 atom stereocenters. The molecule has 0 aliphatic carbocycles. The number of nitrogens with two attached hydrogens (primary N) is 1. The van der Waals surface area contributed by atoms with Crippen LogP contribution in [0.1, 0.15) is 22.4 Å². The number of rotatable bonds is 2. The molecule has 1 aromatic heterocycles. The van der Waals surface area contributed by atoms with Gasteiger partial charge in [0.25, 0.3) is 0 Å². The monoisotopic (exact) mass is 227 g/mol. The second-order valence-electron chi connectivity index (χ2n) is 4.33. The van der Waals surface area contributed by atoms with Gasteiger partial charge in [0.2, 0.25) is 0 Å². The van der Waals surface area contributed by atoms with E-state index in [1.807, 2.05) is 0 Å². The highest BCUT2D eigenvalue weighted by Gasteiger charge is 2.12. The lowest BCUT2D eigenvalue weighted by molar-refractivity contribution is 0.967. The van der Waals surface area contributed by atoms with E-state index in [0.717, 1.165) is 17.0 Å². The van der Waals surface area contributed by atoms with Gasteiger partial charge < -0.3 is 5.73 Å². The van der Waals surface area contributed by atoms with Gasteiger partial charge in [-0.3, -0.25) is 9.97 Å². The Labute approximate surface area is 102 Å². The van der Waals surface area contributed by atoms with Crippen LogP contribution in [-0.2, 0) is 6.54 Å². The van der Waals surface area contributed by atoms with Gasteiger partial charge in [-0.05, 0) is 31.9 Å². The molecule has 0 aliphatic rings. The molecule has 2 N–H and O–H groups in total. The maximum atomic E-state index is 5.72. The van der Waals surface area contributed by atoms with Crippen LogP contribution in [0.15, 0.2) is 24.5 Å². The summed E-state index contributed by atoms with van der Waals surface area (Å²) in [5.74, 6) is 0. The molecule has 3 heteroatoms. The Hall–Kier alpha value is -1.74. The SMILES string of the molecule is Cc1cc(C)c(-c2nccnc2CN)c(C)c1. The maximum absolute atomic E-state index is 5.72. The van der Waals surface area contributed by atoms with Gasteiger partial charge in [0.15, 0.2) is 0 Å². The van der Waals surface area contributed by atoms with Crippen molar-refractivity contribution in [3.8, 4) is 11.3 Å². The first-order valence-corrected chi connectivity index (χ1v) is 5.71. The molecular weight excluding hydrogens is 210 g/mol. The minimum atomic E-state index is 0.413. The molecule has 0 amide bonds. The number of benzene rings is 1. The van der Waals surface area contributed by atoms with Gasteiger partial charge >= 0.3 is 0 Å². The molecule has 0 fully saturated rings. The lowest BCUT2D eigenvalue weighted by Crippen LogP contribution is -2.05. The summed E-state index contributed by atoms with van der Waals surface area (Å²) >= 11 is 0. The van der Waals surface area contributed by atoms with E-state index in [4.69, 9.17) is 5.73 Å². The van der Waals surface area contributed by atoms with Crippen LogP contribution in [-0.4, -0.2) is 9.97 Å². The highest BCUT2D eigenvalue weighted by Crippen LogP contribution is 2.28. The van der Waals surface area contributed by atoms with Gasteiger partial charge in [0.1, 0.15) is 0 Å². The van der Waals surface area contributed by atoms with E-state index in [1.54, 1.807) is 12.4 Å². The van der Waals surface area contributed by atoms with Crippen LogP contribution in [0.4, 0.5) is 0 Å². The normalized spacial score (nSPS) is 10.6. The largest absolute Gasteiger partial charge is 0.325 e. The van der Waals surface area contributed by atoms with E-state index < -0.39 is 0 Å². The zero-order valence-electron chi connectivity index (χ0n) is 10.5. The van der Waals surface area contributed by atoms with E-state index >= 15 is 0 Å². The first kappa shape index (κ1) is 11.7. The van der Waals surface area contributed by atoms with Crippen LogP contribution in [0.2, 0.25) is 0 Å². The van der Waals surface area contributed by atoms with Crippen LogP contribution in [0.25, 0.3) is 11.3 Å². The molecular formula is C14H17N3. The number of aryl methyl sites for hydroxylation is 3.